The van der Waals surface area contributed by atoms with E-state index in [4.69, 9.17) is 0 Å². The number of fused-ring (bicyclic) bond motifs is 2. The van der Waals surface area contributed by atoms with Gasteiger partial charge >= 0.3 is 11.8 Å². The largest absolute Gasteiger partial charge is 0.481 e. The van der Waals surface area contributed by atoms with Gasteiger partial charge in [-0.1, -0.05) is 38.6 Å². The Balaban J connectivity index is 1.58. The second-order valence-corrected chi connectivity index (χ2v) is 16.0. The lowest BCUT2D eigenvalue weighted by Crippen LogP contribution is -2.58. The topological polar surface area (TPSA) is 49.8 Å². The van der Waals surface area contributed by atoms with E-state index in [1.165, 1.54) is 51.3 Å². The number of benzene rings is 2. The summed E-state index contributed by atoms with van der Waals surface area (Å²) in [5.74, 6) is 0.381. The van der Waals surface area contributed by atoms with E-state index in [2.05, 4.69) is 87.8 Å². The minimum atomic E-state index is -2.00. The summed E-state index contributed by atoms with van der Waals surface area (Å²) in [4.78, 5) is 16.5. The van der Waals surface area contributed by atoms with Crippen molar-refractivity contribution in [2.75, 3.05) is 49.1 Å². The minimum absolute atomic E-state index is 0.116. The number of carboxylic acids is 1. The third-order valence-electron chi connectivity index (χ3n) is 8.85. The number of carboxylic acid groups (broad SMARTS) is 1. The van der Waals surface area contributed by atoms with Gasteiger partial charge < -0.3 is 14.9 Å². The standard InChI is InChI=1S/C31H39N4O2Si/c1-4-5-13-34-19-20-35(18-12-29(36)37)31(34)30-25-10-8-23(32-14-6-15-32)21-27(25)38(2,3)28-22-24(9-11-26(28)30)33-16-7-17-33/h8-11,19-22H,4-7,12-18H2,1-3H3/q+1/p+1. The Morgan fingerprint density at radius 2 is 1.39 bits per heavy atom. The van der Waals surface area contributed by atoms with Crippen molar-refractivity contribution in [3.63, 3.8) is 0 Å². The van der Waals surface area contributed by atoms with Crippen molar-refractivity contribution in [2.24, 2.45) is 0 Å². The fourth-order valence-electron chi connectivity index (χ4n) is 6.27. The Kier molecular flexibility index (Phi) is 6.50. The fraction of sp³-hybridized carbons (Fsp3) is 0.452. The Morgan fingerprint density at radius 1 is 0.868 bits per heavy atom. The molecule has 4 heterocycles. The molecule has 0 bridgehead atoms. The van der Waals surface area contributed by atoms with Gasteiger partial charge in [0.05, 0.1) is 0 Å². The molecule has 7 heteroatoms. The van der Waals surface area contributed by atoms with Crippen LogP contribution in [0.5, 0.6) is 0 Å². The van der Waals surface area contributed by atoms with Gasteiger partial charge in [0.1, 0.15) is 20.1 Å². The van der Waals surface area contributed by atoms with Gasteiger partial charge in [0.15, 0.2) is 13.1 Å². The molecular weight excluding hydrogens is 488 g/mol. The average molecular weight is 529 g/mol. The predicted molar refractivity (Wildman–Crippen MR) is 159 cm³/mol. The number of hydrogen-bond donors (Lipinski definition) is 1. The van der Waals surface area contributed by atoms with Gasteiger partial charge in [0.25, 0.3) is 0 Å². The molecule has 0 aliphatic carbocycles. The third kappa shape index (κ3) is 4.21. The van der Waals surface area contributed by atoms with Crippen LogP contribution in [-0.2, 0) is 4.79 Å². The van der Waals surface area contributed by atoms with Crippen LogP contribution in [0.15, 0.2) is 42.2 Å². The molecule has 0 unspecified atom stereocenters. The summed E-state index contributed by atoms with van der Waals surface area (Å²) in [6, 6.07) is 14.3. The van der Waals surface area contributed by atoms with Crippen LogP contribution in [-0.4, -0.2) is 80.0 Å². The number of hydrogen-bond acceptors (Lipinski definition) is 3. The highest BCUT2D eigenvalue weighted by atomic mass is 28.3. The van der Waals surface area contributed by atoms with Crippen LogP contribution < -0.4 is 20.2 Å². The second-order valence-electron chi connectivity index (χ2n) is 11.6. The molecule has 0 atom stereocenters. The van der Waals surface area contributed by atoms with Gasteiger partial charge in [0.2, 0.25) is 12.4 Å². The number of rotatable bonds is 8. The summed E-state index contributed by atoms with van der Waals surface area (Å²) in [7, 11) is -2.00. The molecule has 0 saturated carbocycles. The van der Waals surface area contributed by atoms with E-state index >= 15 is 0 Å². The lowest BCUT2D eigenvalue weighted by Gasteiger charge is -2.39. The summed E-state index contributed by atoms with van der Waals surface area (Å²) in [6.07, 6.45) is 9.10. The predicted octanol–water partition coefficient (Wildman–Crippen LogP) is 3.41. The van der Waals surface area contributed by atoms with Gasteiger partial charge in [-0.2, -0.15) is 0 Å². The molecule has 0 aromatic heterocycles. The van der Waals surface area contributed by atoms with E-state index in [9.17, 15) is 9.90 Å². The summed E-state index contributed by atoms with van der Waals surface area (Å²) in [6.45, 7) is 13.2. The quantitative estimate of drug-likeness (QED) is 0.422. The molecule has 0 spiro atoms. The number of nitrogens with zero attached hydrogens (tertiary/aromatic N) is 4. The molecule has 6 nitrogen and oxygen atoms in total. The maximum Gasteiger partial charge on any atom is 0.452 e. The lowest BCUT2D eigenvalue weighted by atomic mass is 9.94. The molecule has 2 saturated heterocycles. The summed E-state index contributed by atoms with van der Waals surface area (Å²) in [5.41, 5.74) is 6.61. The van der Waals surface area contributed by atoms with Crippen LogP contribution in [0.3, 0.4) is 0 Å². The van der Waals surface area contributed by atoms with Gasteiger partial charge in [-0.05, 0) is 58.6 Å². The Bertz CT molecular complexity index is 1310. The first-order chi connectivity index (χ1) is 18.4. The van der Waals surface area contributed by atoms with Gasteiger partial charge in [-0.3, -0.25) is 4.79 Å². The number of carbonyl (C=O) groups is 1. The first-order valence-corrected chi connectivity index (χ1v) is 17.4. The summed E-state index contributed by atoms with van der Waals surface area (Å²) >= 11 is 0. The van der Waals surface area contributed by atoms with Crippen molar-refractivity contribution in [3.8, 4) is 0 Å². The Morgan fingerprint density at radius 3 is 1.84 bits per heavy atom. The van der Waals surface area contributed by atoms with E-state index in [1.54, 1.807) is 0 Å². The van der Waals surface area contributed by atoms with Gasteiger partial charge in [0, 0.05) is 44.0 Å². The summed E-state index contributed by atoms with van der Waals surface area (Å²) < 4.78 is 4.54. The highest BCUT2D eigenvalue weighted by Crippen LogP contribution is 2.37. The van der Waals surface area contributed by atoms with Crippen molar-refractivity contribution in [3.05, 3.63) is 53.3 Å². The Hall–Kier alpha value is -3.19. The molecule has 2 aromatic rings. The molecule has 4 aliphatic heterocycles. The van der Waals surface area contributed by atoms with Crippen LogP contribution in [0.2, 0.25) is 13.1 Å². The van der Waals surface area contributed by atoms with Crippen LogP contribution in [0, 0.1) is 0 Å². The zero-order chi connectivity index (χ0) is 26.4. The SMILES string of the molecule is CCCC[N+]1=CC=[N+](CCC(=O)O)C1=C1c2ccc(N3CCC3)cc2[Si](C)(C)c2cc(N3CCC3)ccc21. The molecule has 0 amide bonds. The first-order valence-electron chi connectivity index (χ1n) is 14.4. The van der Waals surface area contributed by atoms with Crippen LogP contribution in [0.4, 0.5) is 11.4 Å². The number of unbranched alkanes of at least 4 members (excludes halogenated alkanes) is 1. The molecule has 6 rings (SSSR count). The first kappa shape index (κ1) is 25.1. The van der Waals surface area contributed by atoms with Crippen molar-refractivity contribution in [1.29, 1.82) is 0 Å². The molecule has 1 N–H and O–H groups in total. The Labute approximate surface area is 227 Å². The number of aliphatic carboxylic acids is 1. The van der Waals surface area contributed by atoms with E-state index in [1.807, 2.05) is 0 Å². The monoisotopic (exact) mass is 528 g/mol. The molecule has 2 fully saturated rings. The lowest BCUT2D eigenvalue weighted by molar-refractivity contribution is -0.638. The van der Waals surface area contributed by atoms with E-state index in [0.717, 1.165) is 51.4 Å². The highest BCUT2D eigenvalue weighted by Gasteiger charge is 2.45. The van der Waals surface area contributed by atoms with Gasteiger partial charge in [-0.25, -0.2) is 0 Å². The van der Waals surface area contributed by atoms with Crippen LogP contribution >= 0.6 is 0 Å². The van der Waals surface area contributed by atoms with Crippen molar-refractivity contribution < 1.29 is 19.1 Å². The second kappa shape index (κ2) is 9.84. The van der Waals surface area contributed by atoms with Crippen molar-refractivity contribution in [2.45, 2.75) is 52.1 Å². The average Bonchev–Trinajstić information content (AvgIpc) is 3.22. The van der Waals surface area contributed by atoms with E-state index in [-0.39, 0.29) is 6.42 Å². The van der Waals surface area contributed by atoms with E-state index in [0.29, 0.717) is 6.54 Å². The summed E-state index contributed by atoms with van der Waals surface area (Å²) in [5, 5.41) is 12.5. The molecule has 2 aromatic carbocycles. The normalized spacial score (nSPS) is 19.3. The zero-order valence-electron chi connectivity index (χ0n) is 23.0. The smallest absolute Gasteiger partial charge is 0.452 e. The van der Waals surface area contributed by atoms with E-state index < -0.39 is 14.0 Å². The van der Waals surface area contributed by atoms with Crippen molar-refractivity contribution in [1.82, 2.24) is 0 Å². The molecular formula is C31H40N4O2Si+2. The fourth-order valence-corrected chi connectivity index (χ4v) is 9.34. The van der Waals surface area contributed by atoms with Crippen LogP contribution in [0.1, 0.15) is 50.2 Å². The molecule has 0 radical (unpaired) electrons. The molecule has 198 valence electrons. The van der Waals surface area contributed by atoms with Crippen LogP contribution in [0.25, 0.3) is 5.57 Å². The molecule has 4 aliphatic rings. The van der Waals surface area contributed by atoms with Crippen molar-refractivity contribution >= 4 is 53.8 Å². The molecule has 38 heavy (non-hydrogen) atoms. The highest BCUT2D eigenvalue weighted by molar-refractivity contribution is 7.02. The van der Waals surface area contributed by atoms with Gasteiger partial charge in [-0.15, -0.1) is 9.15 Å². The maximum absolute atomic E-state index is 11.6. The zero-order valence-corrected chi connectivity index (χ0v) is 24.0. The number of anilines is 2. The third-order valence-corrected chi connectivity index (χ3v) is 12.4. The maximum atomic E-state index is 11.6. The minimum Gasteiger partial charge on any atom is -0.481 e.